The monoisotopic (exact) mass is 407 g/mol. The maximum absolute atomic E-state index is 5.89. The van der Waals surface area contributed by atoms with E-state index in [1.807, 2.05) is 48.0 Å². The first kappa shape index (κ1) is 17.3. The molecule has 0 aromatic carbocycles. The molecular weight excluding hydrogens is 390 g/mol. The van der Waals surface area contributed by atoms with Crippen molar-refractivity contribution >= 4 is 27.8 Å². The summed E-state index contributed by atoms with van der Waals surface area (Å²) < 4.78 is 1.99. The summed E-state index contributed by atoms with van der Waals surface area (Å²) in [5, 5.41) is 8.55. The summed E-state index contributed by atoms with van der Waals surface area (Å²) in [6.45, 7) is 1.96. The fourth-order valence-corrected chi connectivity index (χ4v) is 3.76. The Kier molecular flexibility index (Phi) is 3.63. The van der Waals surface area contributed by atoms with E-state index < -0.39 is 0 Å². The second kappa shape index (κ2) is 6.49. The van der Waals surface area contributed by atoms with E-state index in [0.717, 1.165) is 56.1 Å². The Hall–Kier alpha value is -4.53. The summed E-state index contributed by atoms with van der Waals surface area (Å²) in [4.78, 5) is 21.2. The number of H-pyrrole nitrogens is 2. The van der Waals surface area contributed by atoms with Crippen molar-refractivity contribution in [2.75, 3.05) is 5.73 Å². The van der Waals surface area contributed by atoms with Crippen LogP contribution in [0.4, 0.5) is 5.69 Å². The van der Waals surface area contributed by atoms with Crippen LogP contribution < -0.4 is 5.73 Å². The molecule has 0 amide bonds. The molecule has 0 fully saturated rings. The Balaban J connectivity index is 1.51. The van der Waals surface area contributed by atoms with Gasteiger partial charge in [-0.05, 0) is 37.3 Å². The van der Waals surface area contributed by atoms with E-state index >= 15 is 0 Å². The minimum atomic E-state index is 0.593. The Bertz CT molecular complexity index is 1570. The normalized spacial score (nSPS) is 11.5. The summed E-state index contributed by atoms with van der Waals surface area (Å²) in [6, 6.07) is 9.74. The maximum Gasteiger partial charge on any atom is 0.139 e. The lowest BCUT2D eigenvalue weighted by atomic mass is 10.1. The summed E-state index contributed by atoms with van der Waals surface area (Å²) in [5.41, 5.74) is 14.0. The van der Waals surface area contributed by atoms with Gasteiger partial charge in [-0.25, -0.2) is 15.0 Å². The molecule has 0 aliphatic rings. The van der Waals surface area contributed by atoms with Gasteiger partial charge < -0.3 is 15.3 Å². The van der Waals surface area contributed by atoms with Crippen LogP contribution in [0.3, 0.4) is 0 Å². The van der Waals surface area contributed by atoms with Crippen LogP contribution >= 0.6 is 0 Å². The quantitative estimate of drug-likeness (QED) is 0.411. The van der Waals surface area contributed by atoms with E-state index in [4.69, 9.17) is 10.7 Å². The van der Waals surface area contributed by atoms with Crippen LogP contribution in [-0.4, -0.2) is 39.7 Å². The first-order chi connectivity index (χ1) is 15.2. The molecule has 6 aromatic heterocycles. The molecule has 6 rings (SSSR count). The highest BCUT2D eigenvalue weighted by molar-refractivity contribution is 5.95. The van der Waals surface area contributed by atoms with Gasteiger partial charge in [0.1, 0.15) is 16.9 Å². The first-order valence-electron chi connectivity index (χ1n) is 9.71. The Labute approximate surface area is 176 Å². The fraction of sp³-hybridized carbons (Fsp3) is 0.0455. The van der Waals surface area contributed by atoms with Gasteiger partial charge in [-0.2, -0.15) is 5.10 Å². The predicted octanol–water partition coefficient (Wildman–Crippen LogP) is 3.64. The zero-order chi connectivity index (χ0) is 20.9. The van der Waals surface area contributed by atoms with Crippen LogP contribution in [-0.2, 0) is 0 Å². The van der Waals surface area contributed by atoms with Crippen LogP contribution in [0.1, 0.15) is 5.69 Å². The molecule has 150 valence electrons. The van der Waals surface area contributed by atoms with E-state index in [0.29, 0.717) is 5.69 Å². The number of pyridine rings is 3. The smallest absolute Gasteiger partial charge is 0.139 e. The SMILES string of the molecule is Cc1cn(-c2ccnc3[nH]c(-c4n[nH]c5ccc(-c6cncc(N)c6)nc45)cc23)cn1. The van der Waals surface area contributed by atoms with E-state index in [-0.39, 0.29) is 0 Å². The molecule has 0 bridgehead atoms. The highest BCUT2D eigenvalue weighted by Crippen LogP contribution is 2.31. The number of nitrogens with one attached hydrogen (secondary N) is 2. The van der Waals surface area contributed by atoms with Crippen molar-refractivity contribution in [1.82, 2.24) is 39.7 Å². The number of aromatic nitrogens is 8. The van der Waals surface area contributed by atoms with Crippen LogP contribution in [0, 0.1) is 6.92 Å². The Morgan fingerprint density at radius 2 is 2.00 bits per heavy atom. The van der Waals surface area contributed by atoms with Crippen LogP contribution in [0.15, 0.2) is 61.4 Å². The number of nitrogens with two attached hydrogens (primary N) is 1. The molecule has 4 N–H and O–H groups in total. The number of aromatic amines is 2. The largest absolute Gasteiger partial charge is 0.397 e. The van der Waals surface area contributed by atoms with Crippen molar-refractivity contribution < 1.29 is 0 Å². The number of hydrogen-bond donors (Lipinski definition) is 3. The van der Waals surface area contributed by atoms with Gasteiger partial charge in [0, 0.05) is 35.7 Å². The zero-order valence-electron chi connectivity index (χ0n) is 16.5. The van der Waals surface area contributed by atoms with Gasteiger partial charge in [0.15, 0.2) is 0 Å². The molecule has 0 unspecified atom stereocenters. The average molecular weight is 407 g/mol. The van der Waals surface area contributed by atoms with Gasteiger partial charge in [0.05, 0.1) is 40.3 Å². The number of fused-ring (bicyclic) bond motifs is 2. The molecule has 0 spiro atoms. The van der Waals surface area contributed by atoms with Crippen molar-refractivity contribution in [3.63, 3.8) is 0 Å². The number of rotatable bonds is 3. The molecule has 0 saturated carbocycles. The molecule has 31 heavy (non-hydrogen) atoms. The lowest BCUT2D eigenvalue weighted by Gasteiger charge is -2.02. The van der Waals surface area contributed by atoms with Gasteiger partial charge >= 0.3 is 0 Å². The topological polar surface area (TPSA) is 127 Å². The van der Waals surface area contributed by atoms with Gasteiger partial charge in [-0.3, -0.25) is 10.1 Å². The third-order valence-corrected chi connectivity index (χ3v) is 5.22. The summed E-state index contributed by atoms with van der Waals surface area (Å²) >= 11 is 0. The van der Waals surface area contributed by atoms with Crippen LogP contribution in [0.5, 0.6) is 0 Å². The summed E-state index contributed by atoms with van der Waals surface area (Å²) in [7, 11) is 0. The van der Waals surface area contributed by atoms with E-state index in [1.165, 1.54) is 0 Å². The highest BCUT2D eigenvalue weighted by Gasteiger charge is 2.16. The van der Waals surface area contributed by atoms with Gasteiger partial charge in [-0.15, -0.1) is 0 Å². The van der Waals surface area contributed by atoms with Crippen LogP contribution in [0.2, 0.25) is 0 Å². The first-order valence-corrected chi connectivity index (χ1v) is 9.71. The van der Waals surface area contributed by atoms with E-state index in [2.05, 4.69) is 30.1 Å². The molecule has 9 nitrogen and oxygen atoms in total. The molecule has 6 aromatic rings. The molecule has 0 saturated heterocycles. The Morgan fingerprint density at radius 1 is 1.06 bits per heavy atom. The second-order valence-electron chi connectivity index (χ2n) is 7.37. The van der Waals surface area contributed by atoms with Crippen LogP contribution in [0.25, 0.3) is 50.4 Å². The predicted molar refractivity (Wildman–Crippen MR) is 118 cm³/mol. The highest BCUT2D eigenvalue weighted by atomic mass is 15.1. The second-order valence-corrected chi connectivity index (χ2v) is 7.37. The van der Waals surface area contributed by atoms with Gasteiger partial charge in [0.2, 0.25) is 0 Å². The van der Waals surface area contributed by atoms with E-state index in [9.17, 15) is 0 Å². The van der Waals surface area contributed by atoms with Crippen molar-refractivity contribution in [3.8, 4) is 28.3 Å². The minimum Gasteiger partial charge on any atom is -0.397 e. The fourth-order valence-electron chi connectivity index (χ4n) is 3.76. The zero-order valence-corrected chi connectivity index (χ0v) is 16.5. The molecule has 9 heteroatoms. The number of nitrogens with zero attached hydrogens (tertiary/aromatic N) is 6. The minimum absolute atomic E-state index is 0.593. The number of nitrogen functional groups attached to an aromatic ring is 1. The van der Waals surface area contributed by atoms with E-state index in [1.54, 1.807) is 24.9 Å². The molecule has 0 radical (unpaired) electrons. The lowest BCUT2D eigenvalue weighted by molar-refractivity contribution is 1.06. The van der Waals surface area contributed by atoms with Crippen molar-refractivity contribution in [2.45, 2.75) is 6.92 Å². The Morgan fingerprint density at radius 3 is 2.84 bits per heavy atom. The van der Waals surface area contributed by atoms with Crippen molar-refractivity contribution in [3.05, 3.63) is 67.1 Å². The molecular formula is C22H17N9. The number of imidazole rings is 1. The van der Waals surface area contributed by atoms with Crippen molar-refractivity contribution in [2.24, 2.45) is 0 Å². The standard InChI is InChI=1S/C22H17N9/c1-12-10-31(11-26-12)19-4-5-25-22-15(19)7-18(28-22)21-20-17(29-30-21)3-2-16(27-20)13-6-14(23)9-24-8-13/h2-11H,23H2,1H3,(H,25,28)(H,29,30). The summed E-state index contributed by atoms with van der Waals surface area (Å²) in [6.07, 6.45) is 8.92. The third kappa shape index (κ3) is 2.83. The molecule has 0 atom stereocenters. The van der Waals surface area contributed by atoms with Gasteiger partial charge in [0.25, 0.3) is 0 Å². The van der Waals surface area contributed by atoms with Gasteiger partial charge in [-0.1, -0.05) is 0 Å². The number of aryl methyl sites for hydroxylation is 1. The molecule has 0 aliphatic carbocycles. The number of anilines is 1. The lowest BCUT2D eigenvalue weighted by Crippen LogP contribution is -1.91. The average Bonchev–Trinajstić information content (AvgIpc) is 3.50. The molecule has 6 heterocycles. The number of hydrogen-bond acceptors (Lipinski definition) is 6. The summed E-state index contributed by atoms with van der Waals surface area (Å²) in [5.74, 6) is 0. The molecule has 0 aliphatic heterocycles. The third-order valence-electron chi connectivity index (χ3n) is 5.22. The maximum atomic E-state index is 5.89. The van der Waals surface area contributed by atoms with Crippen molar-refractivity contribution in [1.29, 1.82) is 0 Å².